The van der Waals surface area contributed by atoms with Crippen LogP contribution in [0.2, 0.25) is 0 Å². The molecule has 9 nitrogen and oxygen atoms in total. The first-order chi connectivity index (χ1) is 14.8. The predicted molar refractivity (Wildman–Crippen MR) is 110 cm³/mol. The second-order valence-electron chi connectivity index (χ2n) is 7.74. The lowest BCUT2D eigenvalue weighted by Gasteiger charge is -2.47. The monoisotopic (exact) mass is 446 g/mol. The Kier molecular flexibility index (Phi) is 5.44. The average molecular weight is 446 g/mol. The smallest absolute Gasteiger partial charge is 0.289 e. The number of para-hydroxylation sites is 1. The Labute approximate surface area is 179 Å². The van der Waals surface area contributed by atoms with Crippen molar-refractivity contribution in [3.05, 3.63) is 63.7 Å². The second-order valence-corrected chi connectivity index (χ2v) is 9.52. The molecule has 1 saturated heterocycles. The summed E-state index contributed by atoms with van der Waals surface area (Å²) < 4.78 is 33.2. The lowest BCUT2D eigenvalue weighted by atomic mass is 9.69. The molecule has 0 spiro atoms. The maximum Gasteiger partial charge on any atom is 0.289 e. The number of hydrogen-bond acceptors (Lipinski definition) is 7. The Morgan fingerprint density at radius 3 is 2.65 bits per heavy atom. The molecule has 1 N–H and O–H groups in total. The van der Waals surface area contributed by atoms with Crippen molar-refractivity contribution in [3.8, 4) is 5.75 Å². The maximum absolute atomic E-state index is 13.5. The van der Waals surface area contributed by atoms with E-state index in [4.69, 9.17) is 4.74 Å². The maximum atomic E-state index is 13.5. The molecule has 0 radical (unpaired) electrons. The van der Waals surface area contributed by atoms with Crippen molar-refractivity contribution < 1.29 is 28.0 Å². The van der Waals surface area contributed by atoms with E-state index in [0.717, 1.165) is 27.6 Å². The number of piperidine rings is 1. The van der Waals surface area contributed by atoms with Crippen LogP contribution >= 0.6 is 0 Å². The van der Waals surface area contributed by atoms with E-state index in [2.05, 4.69) is 0 Å². The molecule has 164 valence electrons. The number of amides is 1. The van der Waals surface area contributed by atoms with Gasteiger partial charge in [-0.15, -0.1) is 0 Å². The Bertz CT molecular complexity index is 1150. The largest absolute Gasteiger partial charge is 0.497 e. The summed E-state index contributed by atoms with van der Waals surface area (Å²) >= 11 is 0. The molecule has 2 aromatic carbocycles. The number of benzene rings is 2. The van der Waals surface area contributed by atoms with Gasteiger partial charge in [0.25, 0.3) is 15.7 Å². The highest BCUT2D eigenvalue weighted by Crippen LogP contribution is 2.50. The van der Waals surface area contributed by atoms with Gasteiger partial charge in [0.05, 0.1) is 18.1 Å². The molecule has 1 aliphatic carbocycles. The van der Waals surface area contributed by atoms with Gasteiger partial charge in [0.1, 0.15) is 5.75 Å². The quantitative estimate of drug-likeness (QED) is 0.533. The summed E-state index contributed by atoms with van der Waals surface area (Å²) in [7, 11) is -2.95. The number of nitro groups is 1. The number of rotatable bonds is 6. The summed E-state index contributed by atoms with van der Waals surface area (Å²) in [6.45, 7) is -0.198. The zero-order chi connectivity index (χ0) is 22.3. The first-order valence-electron chi connectivity index (χ1n) is 9.89. The third-order valence-corrected chi connectivity index (χ3v) is 8.02. The van der Waals surface area contributed by atoms with E-state index < -0.39 is 43.4 Å². The van der Waals surface area contributed by atoms with Crippen molar-refractivity contribution in [2.45, 2.75) is 42.0 Å². The van der Waals surface area contributed by atoms with Crippen LogP contribution in [0, 0.1) is 10.1 Å². The van der Waals surface area contributed by atoms with Gasteiger partial charge in [0.15, 0.2) is 4.90 Å². The first kappa shape index (κ1) is 21.3. The Balaban J connectivity index is 1.86. The number of aliphatic hydroxyl groups is 1. The molecule has 3 atom stereocenters. The molecule has 10 heteroatoms. The fourth-order valence-corrected chi connectivity index (χ4v) is 6.63. The number of methoxy groups -OCH3 is 1. The fraction of sp³-hybridized carbons (Fsp3) is 0.381. The summed E-state index contributed by atoms with van der Waals surface area (Å²) in [5.74, 6) is -0.608. The van der Waals surface area contributed by atoms with E-state index in [0.29, 0.717) is 12.2 Å². The zero-order valence-electron chi connectivity index (χ0n) is 16.8. The zero-order valence-corrected chi connectivity index (χ0v) is 17.6. The third-order valence-electron chi connectivity index (χ3n) is 6.13. The minimum absolute atomic E-state index is 0.0124. The highest BCUT2D eigenvalue weighted by molar-refractivity contribution is 7.89. The van der Waals surface area contributed by atoms with E-state index in [1.165, 1.54) is 19.2 Å². The molecule has 31 heavy (non-hydrogen) atoms. The van der Waals surface area contributed by atoms with Crippen LogP contribution < -0.4 is 4.74 Å². The summed E-state index contributed by atoms with van der Waals surface area (Å²) in [5, 5.41) is 21.1. The number of fused-ring (bicyclic) bond motifs is 4. The highest BCUT2D eigenvalue weighted by atomic mass is 32.2. The van der Waals surface area contributed by atoms with Crippen LogP contribution in [0.5, 0.6) is 5.75 Å². The summed E-state index contributed by atoms with van der Waals surface area (Å²) in [5.41, 5.74) is 1.21. The van der Waals surface area contributed by atoms with Gasteiger partial charge in [-0.25, -0.2) is 12.7 Å². The van der Waals surface area contributed by atoms with Gasteiger partial charge in [-0.3, -0.25) is 14.9 Å². The van der Waals surface area contributed by atoms with Crippen LogP contribution in [0.1, 0.15) is 42.2 Å². The van der Waals surface area contributed by atoms with Crippen LogP contribution in [-0.4, -0.2) is 48.4 Å². The van der Waals surface area contributed by atoms with Gasteiger partial charge in [-0.05, 0) is 48.1 Å². The predicted octanol–water partition coefficient (Wildman–Crippen LogP) is 2.55. The Morgan fingerprint density at radius 1 is 1.23 bits per heavy atom. The molecule has 2 aliphatic rings. The molecule has 1 heterocycles. The van der Waals surface area contributed by atoms with Crippen molar-refractivity contribution in [2.75, 3.05) is 13.7 Å². The fourth-order valence-electron chi connectivity index (χ4n) is 4.83. The van der Waals surface area contributed by atoms with E-state index in [1.54, 1.807) is 6.07 Å². The molecule has 0 unspecified atom stereocenters. The SMILES string of the molecule is COc1ccc2c(c1)[C@H](CCO)[C@H]1C[C@@H]2CC(=O)N1S(=O)(=O)c1ccccc1[N+](=O)[O-]. The van der Waals surface area contributed by atoms with Crippen molar-refractivity contribution in [3.63, 3.8) is 0 Å². The molecular weight excluding hydrogens is 424 g/mol. The van der Waals surface area contributed by atoms with Gasteiger partial charge in [0.2, 0.25) is 5.91 Å². The number of sulfonamides is 1. The molecule has 0 aromatic heterocycles. The van der Waals surface area contributed by atoms with Crippen molar-refractivity contribution >= 4 is 21.6 Å². The van der Waals surface area contributed by atoms with Gasteiger partial charge < -0.3 is 9.84 Å². The van der Waals surface area contributed by atoms with E-state index in [-0.39, 0.29) is 25.4 Å². The van der Waals surface area contributed by atoms with Crippen molar-refractivity contribution in [2.24, 2.45) is 0 Å². The lowest BCUT2D eigenvalue weighted by Crippen LogP contribution is -2.53. The minimum atomic E-state index is -4.48. The second kappa shape index (κ2) is 7.93. The van der Waals surface area contributed by atoms with E-state index in [9.17, 15) is 28.4 Å². The number of hydrogen-bond donors (Lipinski definition) is 1. The van der Waals surface area contributed by atoms with Gasteiger partial charge in [-0.1, -0.05) is 18.2 Å². The molecule has 0 saturated carbocycles. The molecule has 1 aliphatic heterocycles. The third kappa shape index (κ3) is 3.45. The summed E-state index contributed by atoms with van der Waals surface area (Å²) in [4.78, 5) is 23.2. The molecule has 2 aromatic rings. The number of carbonyl (C=O) groups is 1. The standard InChI is InChI=1S/C21H22N2O7S/c1-30-14-6-7-15-13-10-19(16(8-9-24)17(15)12-14)22(21(25)11-13)31(28,29)20-5-3-2-4-18(20)23(26)27/h2-7,12-13,16,19,24H,8-11H2,1H3/t13-,16+,19-/m1/s1. The summed E-state index contributed by atoms with van der Waals surface area (Å²) in [6.07, 6.45) is 0.630. The van der Waals surface area contributed by atoms with Gasteiger partial charge in [0, 0.05) is 25.0 Å². The molecule has 1 fully saturated rings. The average Bonchev–Trinajstić information content (AvgIpc) is 2.75. The lowest BCUT2D eigenvalue weighted by molar-refractivity contribution is -0.387. The number of ether oxygens (including phenoxy) is 1. The van der Waals surface area contributed by atoms with E-state index in [1.807, 2.05) is 12.1 Å². The first-order valence-corrected chi connectivity index (χ1v) is 11.3. The number of aliphatic hydroxyl groups excluding tert-OH is 1. The summed E-state index contributed by atoms with van der Waals surface area (Å²) in [6, 6.07) is 9.79. The van der Waals surface area contributed by atoms with Gasteiger partial charge >= 0.3 is 0 Å². The molecular formula is C21H22N2O7S. The normalized spacial score (nSPS) is 22.7. The van der Waals surface area contributed by atoms with Crippen molar-refractivity contribution in [1.29, 1.82) is 0 Å². The molecule has 4 rings (SSSR count). The van der Waals surface area contributed by atoms with Crippen LogP contribution in [0.25, 0.3) is 0 Å². The number of nitro benzene ring substituents is 1. The van der Waals surface area contributed by atoms with Crippen molar-refractivity contribution in [1.82, 2.24) is 4.31 Å². The number of carbonyl (C=O) groups excluding carboxylic acids is 1. The van der Waals surface area contributed by atoms with Crippen LogP contribution in [0.3, 0.4) is 0 Å². The Hall–Kier alpha value is -2.98. The van der Waals surface area contributed by atoms with E-state index >= 15 is 0 Å². The van der Waals surface area contributed by atoms with Crippen LogP contribution in [0.4, 0.5) is 5.69 Å². The topological polar surface area (TPSA) is 127 Å². The van der Waals surface area contributed by atoms with Gasteiger partial charge in [-0.2, -0.15) is 0 Å². The molecule has 1 amide bonds. The minimum Gasteiger partial charge on any atom is -0.497 e. The van der Waals surface area contributed by atoms with Crippen LogP contribution in [0.15, 0.2) is 47.4 Å². The van der Waals surface area contributed by atoms with Crippen LogP contribution in [-0.2, 0) is 14.8 Å². The highest BCUT2D eigenvalue weighted by Gasteiger charge is 2.50. The molecule has 2 bridgehead atoms. The Morgan fingerprint density at radius 2 is 1.97 bits per heavy atom. The number of nitrogens with zero attached hydrogens (tertiary/aromatic N) is 2.